The Hall–Kier alpha value is -1.09. The third kappa shape index (κ3) is 3.98. The minimum atomic E-state index is 0.362. The molecule has 0 saturated heterocycles. The van der Waals surface area contributed by atoms with E-state index in [4.69, 9.17) is 0 Å². The SMILES string of the molecule is C=C(CC)CC(NCCC)c1cn(C)nc1CC. The molecular formula is C15H27N3. The van der Waals surface area contributed by atoms with E-state index in [1.807, 2.05) is 11.7 Å². The Morgan fingerprint density at radius 1 is 1.44 bits per heavy atom. The summed E-state index contributed by atoms with van der Waals surface area (Å²) in [5.41, 5.74) is 3.84. The van der Waals surface area contributed by atoms with Crippen molar-refractivity contribution in [2.45, 2.75) is 52.5 Å². The van der Waals surface area contributed by atoms with Crippen LogP contribution in [0.15, 0.2) is 18.3 Å². The molecule has 3 nitrogen and oxygen atoms in total. The van der Waals surface area contributed by atoms with Crippen molar-refractivity contribution in [3.63, 3.8) is 0 Å². The van der Waals surface area contributed by atoms with Crippen LogP contribution in [-0.4, -0.2) is 16.3 Å². The van der Waals surface area contributed by atoms with Crippen molar-refractivity contribution in [1.29, 1.82) is 0 Å². The van der Waals surface area contributed by atoms with Gasteiger partial charge >= 0.3 is 0 Å². The lowest BCUT2D eigenvalue weighted by atomic mass is 9.98. The summed E-state index contributed by atoms with van der Waals surface area (Å²) in [5.74, 6) is 0. The molecule has 1 unspecified atom stereocenters. The van der Waals surface area contributed by atoms with E-state index in [0.717, 1.165) is 32.2 Å². The summed E-state index contributed by atoms with van der Waals surface area (Å²) >= 11 is 0. The van der Waals surface area contributed by atoms with Crippen LogP contribution in [0.25, 0.3) is 0 Å². The van der Waals surface area contributed by atoms with Crippen LogP contribution in [0.4, 0.5) is 0 Å². The highest BCUT2D eigenvalue weighted by molar-refractivity contribution is 5.23. The zero-order valence-electron chi connectivity index (χ0n) is 12.3. The van der Waals surface area contributed by atoms with Gasteiger partial charge in [0, 0.05) is 24.8 Å². The Bertz CT molecular complexity index is 379. The van der Waals surface area contributed by atoms with Crippen molar-refractivity contribution in [2.75, 3.05) is 6.54 Å². The molecule has 1 atom stereocenters. The van der Waals surface area contributed by atoms with Gasteiger partial charge in [-0.3, -0.25) is 4.68 Å². The second-order valence-electron chi connectivity index (χ2n) is 4.87. The third-order valence-electron chi connectivity index (χ3n) is 3.28. The number of nitrogens with zero attached hydrogens (tertiary/aromatic N) is 2. The topological polar surface area (TPSA) is 29.9 Å². The molecule has 3 heteroatoms. The van der Waals surface area contributed by atoms with E-state index in [1.54, 1.807) is 0 Å². The van der Waals surface area contributed by atoms with E-state index in [2.05, 4.69) is 44.0 Å². The fraction of sp³-hybridized carbons (Fsp3) is 0.667. The van der Waals surface area contributed by atoms with Crippen molar-refractivity contribution in [2.24, 2.45) is 7.05 Å². The van der Waals surface area contributed by atoms with Crippen LogP contribution in [0.1, 0.15) is 57.3 Å². The molecule has 0 fully saturated rings. The molecule has 102 valence electrons. The molecule has 1 aromatic heterocycles. The Morgan fingerprint density at radius 2 is 2.17 bits per heavy atom. The lowest BCUT2D eigenvalue weighted by molar-refractivity contribution is 0.520. The van der Waals surface area contributed by atoms with Gasteiger partial charge in [0.2, 0.25) is 0 Å². The quantitative estimate of drug-likeness (QED) is 0.716. The molecule has 1 aromatic rings. The first-order valence-electron chi connectivity index (χ1n) is 7.04. The second-order valence-corrected chi connectivity index (χ2v) is 4.87. The van der Waals surface area contributed by atoms with Gasteiger partial charge in [0.25, 0.3) is 0 Å². The van der Waals surface area contributed by atoms with E-state index in [9.17, 15) is 0 Å². The number of hydrogen-bond donors (Lipinski definition) is 1. The molecule has 0 aromatic carbocycles. The maximum atomic E-state index is 4.54. The fourth-order valence-electron chi connectivity index (χ4n) is 2.16. The van der Waals surface area contributed by atoms with E-state index >= 15 is 0 Å². The summed E-state index contributed by atoms with van der Waals surface area (Å²) in [7, 11) is 1.99. The van der Waals surface area contributed by atoms with Crippen LogP contribution in [-0.2, 0) is 13.5 Å². The number of aromatic nitrogens is 2. The Morgan fingerprint density at radius 3 is 2.72 bits per heavy atom. The van der Waals surface area contributed by atoms with E-state index in [0.29, 0.717) is 6.04 Å². The summed E-state index contributed by atoms with van der Waals surface area (Å²) in [6.45, 7) is 11.7. The molecular weight excluding hydrogens is 222 g/mol. The molecule has 0 aliphatic carbocycles. The number of nitrogens with one attached hydrogen (secondary N) is 1. The largest absolute Gasteiger partial charge is 0.310 e. The molecule has 1 N–H and O–H groups in total. The van der Waals surface area contributed by atoms with Crippen molar-refractivity contribution in [3.05, 3.63) is 29.6 Å². The number of aryl methyl sites for hydroxylation is 2. The Balaban J connectivity index is 2.88. The van der Waals surface area contributed by atoms with Crippen molar-refractivity contribution >= 4 is 0 Å². The van der Waals surface area contributed by atoms with Crippen molar-refractivity contribution in [1.82, 2.24) is 15.1 Å². The van der Waals surface area contributed by atoms with Crippen LogP contribution in [0.3, 0.4) is 0 Å². The maximum Gasteiger partial charge on any atom is 0.0669 e. The van der Waals surface area contributed by atoms with Crippen LogP contribution < -0.4 is 5.32 Å². The minimum absolute atomic E-state index is 0.362. The van der Waals surface area contributed by atoms with E-state index < -0.39 is 0 Å². The fourth-order valence-corrected chi connectivity index (χ4v) is 2.16. The molecule has 1 rings (SSSR count). The molecule has 0 saturated carbocycles. The summed E-state index contributed by atoms with van der Waals surface area (Å²) in [5, 5.41) is 8.16. The Kier molecular flexibility index (Phi) is 6.13. The van der Waals surface area contributed by atoms with Gasteiger partial charge in [0.05, 0.1) is 5.69 Å². The summed E-state index contributed by atoms with van der Waals surface area (Å²) in [6, 6.07) is 0.362. The summed E-state index contributed by atoms with van der Waals surface area (Å²) in [6.07, 6.45) is 6.34. The van der Waals surface area contributed by atoms with Gasteiger partial charge in [0.1, 0.15) is 0 Å². The van der Waals surface area contributed by atoms with Gasteiger partial charge < -0.3 is 5.32 Å². The highest BCUT2D eigenvalue weighted by Gasteiger charge is 2.17. The first-order chi connectivity index (χ1) is 8.62. The van der Waals surface area contributed by atoms with Gasteiger partial charge in [-0.1, -0.05) is 32.9 Å². The molecule has 0 aliphatic rings. The smallest absolute Gasteiger partial charge is 0.0669 e. The lowest BCUT2D eigenvalue weighted by Crippen LogP contribution is -2.23. The van der Waals surface area contributed by atoms with E-state index in [1.165, 1.54) is 16.8 Å². The minimum Gasteiger partial charge on any atom is -0.310 e. The summed E-state index contributed by atoms with van der Waals surface area (Å²) < 4.78 is 1.92. The van der Waals surface area contributed by atoms with Crippen LogP contribution >= 0.6 is 0 Å². The number of hydrogen-bond acceptors (Lipinski definition) is 2. The second kappa shape index (κ2) is 7.37. The first kappa shape index (κ1) is 15.0. The van der Waals surface area contributed by atoms with Crippen LogP contribution in [0.2, 0.25) is 0 Å². The highest BCUT2D eigenvalue weighted by atomic mass is 15.3. The zero-order chi connectivity index (χ0) is 13.5. The summed E-state index contributed by atoms with van der Waals surface area (Å²) in [4.78, 5) is 0. The van der Waals surface area contributed by atoms with E-state index in [-0.39, 0.29) is 0 Å². The molecule has 1 heterocycles. The van der Waals surface area contributed by atoms with Gasteiger partial charge in [-0.2, -0.15) is 5.10 Å². The standard InChI is InChI=1S/C15H27N3/c1-6-9-16-15(10-12(4)7-2)13-11-18(5)17-14(13)8-3/h11,15-16H,4,6-10H2,1-3,5H3. The van der Waals surface area contributed by atoms with Gasteiger partial charge in [-0.05, 0) is 32.2 Å². The monoisotopic (exact) mass is 249 g/mol. The van der Waals surface area contributed by atoms with Crippen molar-refractivity contribution in [3.8, 4) is 0 Å². The normalized spacial score (nSPS) is 12.7. The molecule has 0 spiro atoms. The molecule has 0 radical (unpaired) electrons. The maximum absolute atomic E-state index is 4.54. The highest BCUT2D eigenvalue weighted by Crippen LogP contribution is 2.24. The third-order valence-corrected chi connectivity index (χ3v) is 3.28. The van der Waals surface area contributed by atoms with Gasteiger partial charge in [0.15, 0.2) is 0 Å². The molecule has 0 amide bonds. The molecule has 18 heavy (non-hydrogen) atoms. The number of rotatable bonds is 8. The first-order valence-corrected chi connectivity index (χ1v) is 7.04. The predicted molar refractivity (Wildman–Crippen MR) is 77.7 cm³/mol. The van der Waals surface area contributed by atoms with Crippen LogP contribution in [0.5, 0.6) is 0 Å². The average Bonchev–Trinajstić information content (AvgIpc) is 2.75. The van der Waals surface area contributed by atoms with Crippen LogP contribution in [0, 0.1) is 0 Å². The van der Waals surface area contributed by atoms with Gasteiger partial charge in [-0.15, -0.1) is 0 Å². The Labute approximate surface area is 111 Å². The van der Waals surface area contributed by atoms with Gasteiger partial charge in [-0.25, -0.2) is 0 Å². The lowest BCUT2D eigenvalue weighted by Gasteiger charge is -2.19. The molecule has 0 bridgehead atoms. The average molecular weight is 249 g/mol. The van der Waals surface area contributed by atoms with Crippen molar-refractivity contribution < 1.29 is 0 Å². The molecule has 0 aliphatic heterocycles. The predicted octanol–water partition coefficient (Wildman–Crippen LogP) is 3.38. The zero-order valence-corrected chi connectivity index (χ0v) is 12.3.